The van der Waals surface area contributed by atoms with Crippen molar-refractivity contribution in [2.45, 2.75) is 58.0 Å². The number of hydrogen-bond donors (Lipinski definition) is 2. The zero-order chi connectivity index (χ0) is 16.7. The van der Waals surface area contributed by atoms with Gasteiger partial charge in [0.2, 0.25) is 0 Å². The third-order valence-electron chi connectivity index (χ3n) is 3.71. The fourth-order valence-corrected chi connectivity index (χ4v) is 2.60. The van der Waals surface area contributed by atoms with E-state index in [1.807, 2.05) is 13.8 Å². The van der Waals surface area contributed by atoms with Crippen LogP contribution in [0.25, 0.3) is 0 Å². The summed E-state index contributed by atoms with van der Waals surface area (Å²) >= 11 is 0. The Bertz CT molecular complexity index is 425. The Balaban J connectivity index is 2.76. The van der Waals surface area contributed by atoms with E-state index in [4.69, 9.17) is 4.74 Å². The number of guanidine groups is 1. The number of urea groups is 1. The van der Waals surface area contributed by atoms with Crippen molar-refractivity contribution in [2.75, 3.05) is 21.2 Å². The first-order valence-electron chi connectivity index (χ1n) is 7.85. The van der Waals surface area contributed by atoms with Gasteiger partial charge in [0, 0.05) is 6.04 Å². The van der Waals surface area contributed by atoms with Crippen molar-refractivity contribution in [3.05, 3.63) is 0 Å². The van der Waals surface area contributed by atoms with Gasteiger partial charge in [-0.15, -0.1) is 0 Å². The predicted molar refractivity (Wildman–Crippen MR) is 85.0 cm³/mol. The zero-order valence-corrected chi connectivity index (χ0v) is 14.3. The molecular formula is C15H29N4O3+. The molecule has 0 aliphatic heterocycles. The lowest BCUT2D eigenvalue weighted by molar-refractivity contribution is -0.471. The highest BCUT2D eigenvalue weighted by molar-refractivity contribution is 6.00. The van der Waals surface area contributed by atoms with Crippen LogP contribution >= 0.6 is 0 Å². The average molecular weight is 313 g/mol. The van der Waals surface area contributed by atoms with Gasteiger partial charge in [-0.05, 0) is 26.7 Å². The second kappa shape index (κ2) is 8.60. The van der Waals surface area contributed by atoms with E-state index in [1.54, 1.807) is 18.7 Å². The molecule has 7 heteroatoms. The topological polar surface area (TPSA) is 73.7 Å². The molecule has 0 aromatic rings. The second-order valence-electron chi connectivity index (χ2n) is 6.09. The highest BCUT2D eigenvalue weighted by Gasteiger charge is 2.33. The van der Waals surface area contributed by atoms with Gasteiger partial charge in [0.15, 0.2) is 0 Å². The van der Waals surface area contributed by atoms with Crippen molar-refractivity contribution in [1.82, 2.24) is 15.5 Å². The van der Waals surface area contributed by atoms with Gasteiger partial charge >= 0.3 is 18.1 Å². The number of amides is 3. The van der Waals surface area contributed by atoms with Gasteiger partial charge in [0.25, 0.3) is 0 Å². The minimum Gasteiger partial charge on any atom is -0.441 e. The lowest BCUT2D eigenvalue weighted by Gasteiger charge is -2.24. The quantitative estimate of drug-likeness (QED) is 0.463. The Morgan fingerprint density at radius 3 is 2.23 bits per heavy atom. The molecule has 126 valence electrons. The monoisotopic (exact) mass is 313 g/mol. The van der Waals surface area contributed by atoms with Gasteiger partial charge in [-0.1, -0.05) is 19.3 Å². The molecule has 0 spiro atoms. The Morgan fingerprint density at radius 1 is 1.18 bits per heavy atom. The Kier molecular flexibility index (Phi) is 7.14. The molecule has 0 aromatic heterocycles. The summed E-state index contributed by atoms with van der Waals surface area (Å²) in [6, 6.07) is -0.215. The summed E-state index contributed by atoms with van der Waals surface area (Å²) in [5, 5.41) is 5.76. The van der Waals surface area contributed by atoms with E-state index in [-0.39, 0.29) is 18.1 Å². The van der Waals surface area contributed by atoms with E-state index < -0.39 is 6.09 Å². The summed E-state index contributed by atoms with van der Waals surface area (Å²) in [6.45, 7) is 3.72. The second-order valence-corrected chi connectivity index (χ2v) is 6.09. The first kappa shape index (κ1) is 18.3. The SMILES string of the molecule is COC(=O)N(C(NC(=O)NC1CCCCC1)=[N+](C)C)C(C)C. The molecule has 0 heterocycles. The lowest BCUT2D eigenvalue weighted by Crippen LogP contribution is -2.56. The van der Waals surface area contributed by atoms with Crippen molar-refractivity contribution < 1.29 is 18.9 Å². The van der Waals surface area contributed by atoms with Crippen LogP contribution < -0.4 is 10.6 Å². The molecule has 3 amide bonds. The zero-order valence-electron chi connectivity index (χ0n) is 14.3. The molecule has 1 fully saturated rings. The van der Waals surface area contributed by atoms with E-state index >= 15 is 0 Å². The van der Waals surface area contributed by atoms with Gasteiger partial charge in [0.05, 0.1) is 27.2 Å². The Morgan fingerprint density at radius 2 is 1.77 bits per heavy atom. The first-order valence-corrected chi connectivity index (χ1v) is 7.85. The number of nitrogens with zero attached hydrogens (tertiary/aromatic N) is 2. The third kappa shape index (κ3) is 5.20. The first-order chi connectivity index (χ1) is 10.4. The van der Waals surface area contributed by atoms with Crippen LogP contribution in [0.15, 0.2) is 0 Å². The van der Waals surface area contributed by atoms with Gasteiger partial charge in [-0.3, -0.25) is 4.58 Å². The van der Waals surface area contributed by atoms with Gasteiger partial charge in [-0.25, -0.2) is 9.59 Å². The summed E-state index contributed by atoms with van der Waals surface area (Å²) in [6.07, 6.45) is 5.05. The number of hydrogen-bond acceptors (Lipinski definition) is 3. The summed E-state index contributed by atoms with van der Waals surface area (Å²) < 4.78 is 6.50. The summed E-state index contributed by atoms with van der Waals surface area (Å²) in [5.74, 6) is 0.398. The van der Waals surface area contributed by atoms with Gasteiger partial charge in [-0.2, -0.15) is 10.2 Å². The largest absolute Gasteiger partial charge is 0.478 e. The Labute approximate surface area is 132 Å². The number of nitrogens with one attached hydrogen (secondary N) is 2. The van der Waals surface area contributed by atoms with Crippen LogP contribution in [0.3, 0.4) is 0 Å². The molecule has 1 aliphatic rings. The van der Waals surface area contributed by atoms with Gasteiger partial charge in [0.1, 0.15) is 0 Å². The smallest absolute Gasteiger partial charge is 0.441 e. The number of ether oxygens (including phenoxy) is 1. The van der Waals surface area contributed by atoms with E-state index in [9.17, 15) is 9.59 Å². The predicted octanol–water partition coefficient (Wildman–Crippen LogP) is 1.72. The third-order valence-corrected chi connectivity index (χ3v) is 3.71. The summed E-state index contributed by atoms with van der Waals surface area (Å²) in [7, 11) is 4.87. The fraction of sp³-hybridized carbons (Fsp3) is 0.800. The van der Waals surface area contributed by atoms with Crippen LogP contribution in [0.1, 0.15) is 46.0 Å². The molecule has 0 saturated heterocycles. The van der Waals surface area contributed by atoms with Crippen molar-refractivity contribution in [3.63, 3.8) is 0 Å². The van der Waals surface area contributed by atoms with E-state index in [2.05, 4.69) is 10.6 Å². The molecule has 22 heavy (non-hydrogen) atoms. The average Bonchev–Trinajstić information content (AvgIpc) is 2.46. The lowest BCUT2D eigenvalue weighted by atomic mass is 9.96. The molecule has 0 bridgehead atoms. The normalized spacial score (nSPS) is 15.2. The van der Waals surface area contributed by atoms with Crippen LogP contribution in [0.5, 0.6) is 0 Å². The van der Waals surface area contributed by atoms with E-state index in [0.29, 0.717) is 5.96 Å². The molecule has 7 nitrogen and oxygen atoms in total. The minimum atomic E-state index is -0.503. The molecule has 0 atom stereocenters. The Hall–Kier alpha value is -1.79. The van der Waals surface area contributed by atoms with Crippen molar-refractivity contribution in [3.8, 4) is 0 Å². The van der Waals surface area contributed by atoms with Gasteiger partial charge < -0.3 is 10.1 Å². The van der Waals surface area contributed by atoms with Crippen molar-refractivity contribution >= 4 is 18.1 Å². The fourth-order valence-electron chi connectivity index (χ4n) is 2.60. The van der Waals surface area contributed by atoms with Crippen LogP contribution in [0.2, 0.25) is 0 Å². The van der Waals surface area contributed by atoms with Crippen LogP contribution in [-0.2, 0) is 4.74 Å². The molecule has 1 rings (SSSR count). The van der Waals surface area contributed by atoms with Crippen molar-refractivity contribution in [2.24, 2.45) is 0 Å². The van der Waals surface area contributed by atoms with Crippen LogP contribution in [-0.4, -0.2) is 60.8 Å². The summed E-state index contributed by atoms with van der Waals surface area (Å²) in [4.78, 5) is 25.6. The molecule has 0 aromatic carbocycles. The number of carbonyl (C=O) groups is 2. The van der Waals surface area contributed by atoms with E-state index in [0.717, 1.165) is 25.7 Å². The number of rotatable bonds is 2. The maximum Gasteiger partial charge on any atom is 0.478 e. The highest BCUT2D eigenvalue weighted by Crippen LogP contribution is 2.17. The molecule has 1 saturated carbocycles. The number of methoxy groups -OCH3 is 1. The molecular weight excluding hydrogens is 284 g/mol. The summed E-state index contributed by atoms with van der Waals surface area (Å²) in [5.41, 5.74) is 0. The van der Waals surface area contributed by atoms with Crippen LogP contribution in [0, 0.1) is 0 Å². The number of carbonyl (C=O) groups excluding carboxylic acids is 2. The molecule has 0 radical (unpaired) electrons. The van der Waals surface area contributed by atoms with Crippen LogP contribution in [0.4, 0.5) is 9.59 Å². The minimum absolute atomic E-state index is 0.139. The maximum atomic E-state index is 12.2. The van der Waals surface area contributed by atoms with E-state index in [1.165, 1.54) is 18.4 Å². The van der Waals surface area contributed by atoms with Crippen molar-refractivity contribution in [1.29, 1.82) is 0 Å². The molecule has 1 aliphatic carbocycles. The molecule has 0 unspecified atom stereocenters. The standard InChI is InChI=1S/C15H28N4O3/c1-11(2)19(15(21)22-5)14(18(3)4)17-13(20)16-12-9-7-6-8-10-12/h11-12H,6-10H2,1-5H3,(H,16,20)/p+1. The molecule has 2 N–H and O–H groups in total. The maximum absolute atomic E-state index is 12.2. The highest BCUT2D eigenvalue weighted by atomic mass is 16.5.